The highest BCUT2D eigenvalue weighted by Gasteiger charge is 2.20. The molecule has 1 aromatic carbocycles. The quantitative estimate of drug-likeness (QED) is 0.857. The van der Waals surface area contributed by atoms with Crippen molar-refractivity contribution in [2.75, 3.05) is 5.32 Å². The van der Waals surface area contributed by atoms with Crippen molar-refractivity contribution >= 4 is 27.5 Å². The predicted octanol–water partition coefficient (Wildman–Crippen LogP) is 4.62. The summed E-state index contributed by atoms with van der Waals surface area (Å²) in [6, 6.07) is 7.48. The number of anilines is 1. The maximum absolute atomic E-state index is 12.4. The largest absolute Gasteiger partial charge is 0.325 e. The molecule has 0 spiro atoms. The normalized spacial score (nSPS) is 16.8. The first-order valence-corrected chi connectivity index (χ1v) is 8.00. The average Bonchev–Trinajstić information content (AvgIpc) is 2.40. The first-order valence-electron chi connectivity index (χ1n) is 7.21. The van der Waals surface area contributed by atoms with Crippen molar-refractivity contribution in [1.82, 2.24) is 0 Å². The van der Waals surface area contributed by atoms with Gasteiger partial charge in [0.15, 0.2) is 0 Å². The molecule has 0 aromatic heterocycles. The summed E-state index contributed by atoms with van der Waals surface area (Å²) in [4.78, 5) is 12.4. The number of nitrogens with one attached hydrogen (secondary N) is 1. The van der Waals surface area contributed by atoms with E-state index >= 15 is 0 Å². The Morgan fingerprint density at radius 1 is 1.20 bits per heavy atom. The molecule has 0 heterocycles. The van der Waals surface area contributed by atoms with Gasteiger partial charge in [-0.15, -0.1) is 0 Å². The SMILES string of the molecule is N#Cc1cc(Br)ccc1NC(=O)C1CCCCCCC1. The first-order chi connectivity index (χ1) is 9.70. The van der Waals surface area contributed by atoms with E-state index in [1.807, 2.05) is 6.07 Å². The van der Waals surface area contributed by atoms with Crippen molar-refractivity contribution in [1.29, 1.82) is 5.26 Å². The van der Waals surface area contributed by atoms with E-state index < -0.39 is 0 Å². The number of carbonyl (C=O) groups is 1. The number of rotatable bonds is 2. The van der Waals surface area contributed by atoms with Crippen LogP contribution in [0.3, 0.4) is 0 Å². The molecular weight excluding hydrogens is 316 g/mol. The first kappa shape index (κ1) is 15.1. The molecule has 0 unspecified atom stereocenters. The predicted molar refractivity (Wildman–Crippen MR) is 83.3 cm³/mol. The summed E-state index contributed by atoms with van der Waals surface area (Å²) < 4.78 is 0.845. The molecule has 1 fully saturated rings. The standard InChI is InChI=1S/C16H19BrN2O/c17-14-8-9-15(13(10-14)11-18)19-16(20)12-6-4-2-1-3-5-7-12/h8-10,12H,1-7H2,(H,19,20). The number of carbonyl (C=O) groups excluding carboxylic acids is 1. The number of hydrogen-bond donors (Lipinski definition) is 1. The van der Waals surface area contributed by atoms with Crippen LogP contribution in [-0.2, 0) is 4.79 Å². The molecule has 20 heavy (non-hydrogen) atoms. The summed E-state index contributed by atoms with van der Waals surface area (Å²) in [6.45, 7) is 0. The minimum Gasteiger partial charge on any atom is -0.325 e. The second-order valence-corrected chi connectivity index (χ2v) is 6.25. The second-order valence-electron chi connectivity index (χ2n) is 5.33. The Hall–Kier alpha value is -1.34. The van der Waals surface area contributed by atoms with Gasteiger partial charge in [0.2, 0.25) is 5.91 Å². The van der Waals surface area contributed by atoms with Crippen LogP contribution >= 0.6 is 15.9 Å². The fourth-order valence-electron chi connectivity index (χ4n) is 2.67. The Balaban J connectivity index is 2.05. The third-order valence-corrected chi connectivity index (χ3v) is 4.33. The number of hydrogen-bond acceptors (Lipinski definition) is 2. The van der Waals surface area contributed by atoms with Crippen LogP contribution in [0.15, 0.2) is 22.7 Å². The summed E-state index contributed by atoms with van der Waals surface area (Å²) in [5.74, 6) is 0.149. The topological polar surface area (TPSA) is 52.9 Å². The van der Waals surface area contributed by atoms with Gasteiger partial charge in [-0.25, -0.2) is 0 Å². The Labute approximate surface area is 128 Å². The van der Waals surface area contributed by atoms with Crippen molar-refractivity contribution in [3.8, 4) is 6.07 Å². The van der Waals surface area contributed by atoms with Gasteiger partial charge in [-0.05, 0) is 31.0 Å². The zero-order valence-electron chi connectivity index (χ0n) is 11.5. The average molecular weight is 335 g/mol. The minimum absolute atomic E-state index is 0.0609. The third kappa shape index (κ3) is 4.08. The molecule has 1 aromatic rings. The van der Waals surface area contributed by atoms with E-state index in [-0.39, 0.29) is 11.8 Å². The third-order valence-electron chi connectivity index (χ3n) is 3.84. The number of nitrogens with zero attached hydrogens (tertiary/aromatic N) is 1. The number of amides is 1. The van der Waals surface area contributed by atoms with E-state index in [0.717, 1.165) is 30.2 Å². The van der Waals surface area contributed by atoms with Crippen LogP contribution in [0.1, 0.15) is 50.5 Å². The fourth-order valence-corrected chi connectivity index (χ4v) is 3.03. The van der Waals surface area contributed by atoms with Crippen LogP contribution in [0.4, 0.5) is 5.69 Å². The number of halogens is 1. The smallest absolute Gasteiger partial charge is 0.227 e. The maximum Gasteiger partial charge on any atom is 0.227 e. The molecule has 0 bridgehead atoms. The monoisotopic (exact) mass is 334 g/mol. The van der Waals surface area contributed by atoms with Gasteiger partial charge in [-0.2, -0.15) is 5.26 Å². The lowest BCUT2D eigenvalue weighted by molar-refractivity contribution is -0.120. The molecule has 2 rings (SSSR count). The van der Waals surface area contributed by atoms with Crippen LogP contribution in [0.5, 0.6) is 0 Å². The van der Waals surface area contributed by atoms with Crippen molar-refractivity contribution in [2.24, 2.45) is 5.92 Å². The summed E-state index contributed by atoms with van der Waals surface area (Å²) in [7, 11) is 0. The molecule has 0 saturated heterocycles. The van der Waals surface area contributed by atoms with Crippen molar-refractivity contribution in [3.63, 3.8) is 0 Å². The van der Waals surface area contributed by atoms with E-state index in [1.54, 1.807) is 12.1 Å². The molecule has 1 amide bonds. The van der Waals surface area contributed by atoms with Crippen LogP contribution in [0.25, 0.3) is 0 Å². The highest BCUT2D eigenvalue weighted by molar-refractivity contribution is 9.10. The highest BCUT2D eigenvalue weighted by atomic mass is 79.9. The Morgan fingerprint density at radius 3 is 2.50 bits per heavy atom. The molecule has 0 radical (unpaired) electrons. The van der Waals surface area contributed by atoms with Gasteiger partial charge in [0.1, 0.15) is 6.07 Å². The van der Waals surface area contributed by atoms with Crippen molar-refractivity contribution < 1.29 is 4.79 Å². The summed E-state index contributed by atoms with van der Waals surface area (Å²) in [5, 5.41) is 12.1. The van der Waals surface area contributed by atoms with E-state index in [1.165, 1.54) is 19.3 Å². The Kier molecular flexibility index (Phi) is 5.60. The lowest BCUT2D eigenvalue weighted by atomic mass is 9.90. The van der Waals surface area contributed by atoms with Crippen molar-refractivity contribution in [3.05, 3.63) is 28.2 Å². The molecule has 4 heteroatoms. The van der Waals surface area contributed by atoms with E-state index in [9.17, 15) is 4.79 Å². The highest BCUT2D eigenvalue weighted by Crippen LogP contribution is 2.25. The van der Waals surface area contributed by atoms with Gasteiger partial charge >= 0.3 is 0 Å². The van der Waals surface area contributed by atoms with Gasteiger partial charge in [-0.3, -0.25) is 4.79 Å². The molecule has 1 N–H and O–H groups in total. The van der Waals surface area contributed by atoms with Gasteiger partial charge in [0.05, 0.1) is 11.3 Å². The minimum atomic E-state index is 0.0609. The molecule has 1 aliphatic rings. The lowest BCUT2D eigenvalue weighted by Gasteiger charge is -2.19. The van der Waals surface area contributed by atoms with E-state index in [4.69, 9.17) is 5.26 Å². The van der Waals surface area contributed by atoms with Crippen molar-refractivity contribution in [2.45, 2.75) is 44.9 Å². The van der Waals surface area contributed by atoms with Crippen LogP contribution in [0, 0.1) is 17.2 Å². The van der Waals surface area contributed by atoms with Gasteiger partial charge in [-0.1, -0.05) is 48.0 Å². The molecular formula is C16H19BrN2O. The van der Waals surface area contributed by atoms with E-state index in [0.29, 0.717) is 11.3 Å². The van der Waals surface area contributed by atoms with E-state index in [2.05, 4.69) is 27.3 Å². The molecule has 106 valence electrons. The Bertz CT molecular complexity index is 514. The van der Waals surface area contributed by atoms with Gasteiger partial charge in [0, 0.05) is 10.4 Å². The zero-order valence-corrected chi connectivity index (χ0v) is 13.1. The number of nitriles is 1. The number of benzene rings is 1. The summed E-state index contributed by atoms with van der Waals surface area (Å²) in [6.07, 6.45) is 7.93. The molecule has 0 aliphatic heterocycles. The maximum atomic E-state index is 12.4. The van der Waals surface area contributed by atoms with Gasteiger partial charge in [0.25, 0.3) is 0 Å². The molecule has 0 atom stereocenters. The molecule has 1 aliphatic carbocycles. The summed E-state index contributed by atoms with van der Waals surface area (Å²) in [5.41, 5.74) is 1.11. The van der Waals surface area contributed by atoms with Gasteiger partial charge < -0.3 is 5.32 Å². The Morgan fingerprint density at radius 2 is 1.85 bits per heavy atom. The molecule has 3 nitrogen and oxygen atoms in total. The van der Waals surface area contributed by atoms with Crippen LogP contribution in [0.2, 0.25) is 0 Å². The fraction of sp³-hybridized carbons (Fsp3) is 0.500. The summed E-state index contributed by atoms with van der Waals surface area (Å²) >= 11 is 3.34. The lowest BCUT2D eigenvalue weighted by Crippen LogP contribution is -2.24. The zero-order chi connectivity index (χ0) is 14.4. The molecule has 1 saturated carbocycles. The second kappa shape index (κ2) is 7.44. The van der Waals surface area contributed by atoms with Crippen LogP contribution < -0.4 is 5.32 Å². The van der Waals surface area contributed by atoms with Crippen LogP contribution in [-0.4, -0.2) is 5.91 Å².